The highest BCUT2D eigenvalue weighted by Gasteiger charge is 2.40. The predicted molar refractivity (Wildman–Crippen MR) is 76.8 cm³/mol. The van der Waals surface area contributed by atoms with Gasteiger partial charge in [0.25, 0.3) is 0 Å². The Labute approximate surface area is 113 Å². The maximum Gasteiger partial charge on any atom is 0.0936 e. The van der Waals surface area contributed by atoms with Crippen LogP contribution in [0.2, 0.25) is 0 Å². The first-order valence-electron chi connectivity index (χ1n) is 7.88. The van der Waals surface area contributed by atoms with E-state index in [1.807, 2.05) is 0 Å². The zero-order chi connectivity index (χ0) is 13.4. The van der Waals surface area contributed by atoms with Gasteiger partial charge in [0.2, 0.25) is 0 Å². The van der Waals surface area contributed by atoms with Crippen molar-refractivity contribution in [3.8, 4) is 0 Å². The molecule has 0 spiro atoms. The van der Waals surface area contributed by atoms with Crippen molar-refractivity contribution in [3.05, 3.63) is 0 Å². The number of hydrogen-bond donors (Lipinski definition) is 1. The smallest absolute Gasteiger partial charge is 0.0936 e. The van der Waals surface area contributed by atoms with Crippen LogP contribution in [0.3, 0.4) is 0 Å². The van der Waals surface area contributed by atoms with Crippen molar-refractivity contribution in [1.82, 2.24) is 0 Å². The first-order valence-corrected chi connectivity index (χ1v) is 7.88. The largest absolute Gasteiger partial charge is 0.390 e. The molecule has 1 atom stereocenters. The van der Waals surface area contributed by atoms with E-state index in [9.17, 15) is 5.11 Å². The molecule has 108 valence electrons. The molecule has 18 heavy (non-hydrogen) atoms. The molecule has 1 N–H and O–H groups in total. The molecular weight excluding hydrogens is 224 g/mol. The molecule has 2 heteroatoms. The van der Waals surface area contributed by atoms with Gasteiger partial charge in [0.05, 0.1) is 11.7 Å². The van der Waals surface area contributed by atoms with Crippen LogP contribution in [0.4, 0.5) is 0 Å². The second kappa shape index (κ2) is 8.16. The maximum atomic E-state index is 10.4. The number of aliphatic hydroxyl groups excluding tert-OH is 1. The summed E-state index contributed by atoms with van der Waals surface area (Å²) in [4.78, 5) is 0. The van der Waals surface area contributed by atoms with Crippen LogP contribution in [0, 0.1) is 5.92 Å². The van der Waals surface area contributed by atoms with Crippen molar-refractivity contribution in [3.63, 3.8) is 0 Å². The Kier molecular flexibility index (Phi) is 7.25. The maximum absolute atomic E-state index is 10.4. The number of methoxy groups -OCH3 is 1. The standard InChI is InChI=1S/C16H32O2/c1-4-5-6-7-8-9-15(17)16(18-3)12-10-14(2)11-13-16/h14-15,17H,4-13H2,1-3H3. The molecule has 0 aromatic carbocycles. The van der Waals surface area contributed by atoms with Gasteiger partial charge in [0.15, 0.2) is 0 Å². The summed E-state index contributed by atoms with van der Waals surface area (Å²) in [6.45, 7) is 4.54. The van der Waals surface area contributed by atoms with Crippen molar-refractivity contribution < 1.29 is 9.84 Å². The Hall–Kier alpha value is -0.0800. The zero-order valence-electron chi connectivity index (χ0n) is 12.6. The third kappa shape index (κ3) is 4.55. The van der Waals surface area contributed by atoms with Crippen molar-refractivity contribution >= 4 is 0 Å². The Morgan fingerprint density at radius 1 is 1.17 bits per heavy atom. The van der Waals surface area contributed by atoms with Gasteiger partial charge in [-0.1, -0.05) is 46.0 Å². The van der Waals surface area contributed by atoms with Gasteiger partial charge in [-0.05, 0) is 38.0 Å². The monoisotopic (exact) mass is 256 g/mol. The molecule has 0 bridgehead atoms. The molecule has 1 unspecified atom stereocenters. The first kappa shape index (κ1) is 16.0. The molecule has 0 aliphatic heterocycles. The highest BCUT2D eigenvalue weighted by Crippen LogP contribution is 2.38. The van der Waals surface area contributed by atoms with Crippen LogP contribution in [0.5, 0.6) is 0 Å². The number of rotatable bonds is 8. The van der Waals surface area contributed by atoms with Crippen LogP contribution < -0.4 is 0 Å². The summed E-state index contributed by atoms with van der Waals surface area (Å²) in [6.07, 6.45) is 11.4. The van der Waals surface area contributed by atoms with E-state index in [4.69, 9.17) is 4.74 Å². The van der Waals surface area contributed by atoms with Crippen LogP contribution in [-0.4, -0.2) is 23.9 Å². The summed E-state index contributed by atoms with van der Waals surface area (Å²) in [5.41, 5.74) is -0.239. The molecule has 0 saturated heterocycles. The summed E-state index contributed by atoms with van der Waals surface area (Å²) in [5, 5.41) is 10.4. The molecule has 0 amide bonds. The van der Waals surface area contributed by atoms with E-state index in [0.717, 1.165) is 31.6 Å². The third-order valence-corrected chi connectivity index (χ3v) is 4.72. The van der Waals surface area contributed by atoms with Crippen molar-refractivity contribution in [2.24, 2.45) is 5.92 Å². The zero-order valence-corrected chi connectivity index (χ0v) is 12.6. The van der Waals surface area contributed by atoms with Gasteiger partial charge in [0.1, 0.15) is 0 Å². The van der Waals surface area contributed by atoms with E-state index in [0.29, 0.717) is 0 Å². The molecule has 1 saturated carbocycles. The lowest BCUT2D eigenvalue weighted by Crippen LogP contribution is -2.46. The van der Waals surface area contributed by atoms with E-state index in [2.05, 4.69) is 13.8 Å². The average Bonchev–Trinajstić information content (AvgIpc) is 2.39. The number of ether oxygens (including phenoxy) is 1. The molecule has 1 rings (SSSR count). The average molecular weight is 256 g/mol. The summed E-state index contributed by atoms with van der Waals surface area (Å²) in [6, 6.07) is 0. The molecule has 0 aromatic rings. The topological polar surface area (TPSA) is 29.5 Å². The molecule has 0 radical (unpaired) electrons. The van der Waals surface area contributed by atoms with E-state index in [-0.39, 0.29) is 11.7 Å². The van der Waals surface area contributed by atoms with Crippen LogP contribution in [-0.2, 0) is 4.74 Å². The summed E-state index contributed by atoms with van der Waals surface area (Å²) < 4.78 is 5.72. The third-order valence-electron chi connectivity index (χ3n) is 4.72. The van der Waals surface area contributed by atoms with Crippen LogP contribution >= 0.6 is 0 Å². The quantitative estimate of drug-likeness (QED) is 0.656. The van der Waals surface area contributed by atoms with Gasteiger partial charge in [-0.3, -0.25) is 0 Å². The number of hydrogen-bond acceptors (Lipinski definition) is 2. The highest BCUT2D eigenvalue weighted by molar-refractivity contribution is 4.92. The van der Waals surface area contributed by atoms with Crippen molar-refractivity contribution in [2.45, 2.75) is 89.8 Å². The van der Waals surface area contributed by atoms with Crippen LogP contribution in [0.25, 0.3) is 0 Å². The van der Waals surface area contributed by atoms with E-state index < -0.39 is 0 Å². The molecule has 0 heterocycles. The molecule has 0 aromatic heterocycles. The molecule has 1 fully saturated rings. The number of aliphatic hydroxyl groups is 1. The first-order chi connectivity index (χ1) is 8.64. The minimum absolute atomic E-state index is 0.239. The SMILES string of the molecule is CCCCCCCC(O)C1(OC)CCC(C)CC1. The van der Waals surface area contributed by atoms with Crippen molar-refractivity contribution in [1.29, 1.82) is 0 Å². The molecule has 1 aliphatic carbocycles. The second-order valence-corrected chi connectivity index (χ2v) is 6.17. The van der Waals surface area contributed by atoms with Crippen LogP contribution in [0.1, 0.15) is 78.1 Å². The predicted octanol–water partition coefficient (Wildman–Crippen LogP) is 4.30. The van der Waals surface area contributed by atoms with Crippen LogP contribution in [0.15, 0.2) is 0 Å². The Balaban J connectivity index is 2.30. The fraction of sp³-hybridized carbons (Fsp3) is 1.00. The minimum atomic E-state index is -0.267. The van der Waals surface area contributed by atoms with E-state index in [1.165, 1.54) is 38.5 Å². The lowest BCUT2D eigenvalue weighted by Gasteiger charge is -2.41. The summed E-state index contributed by atoms with van der Waals surface area (Å²) in [7, 11) is 1.77. The fourth-order valence-corrected chi connectivity index (χ4v) is 3.13. The van der Waals surface area contributed by atoms with Gasteiger partial charge in [-0.25, -0.2) is 0 Å². The lowest BCUT2D eigenvalue weighted by atomic mass is 9.75. The normalized spacial score (nSPS) is 30.3. The van der Waals surface area contributed by atoms with Crippen molar-refractivity contribution in [2.75, 3.05) is 7.11 Å². The van der Waals surface area contributed by atoms with Gasteiger partial charge < -0.3 is 9.84 Å². The van der Waals surface area contributed by atoms with E-state index in [1.54, 1.807) is 7.11 Å². The molecule has 2 nitrogen and oxygen atoms in total. The highest BCUT2D eigenvalue weighted by atomic mass is 16.5. The minimum Gasteiger partial charge on any atom is -0.390 e. The van der Waals surface area contributed by atoms with Gasteiger partial charge in [-0.2, -0.15) is 0 Å². The van der Waals surface area contributed by atoms with E-state index >= 15 is 0 Å². The molecule has 1 aliphatic rings. The lowest BCUT2D eigenvalue weighted by molar-refractivity contribution is -0.130. The Morgan fingerprint density at radius 2 is 1.78 bits per heavy atom. The fourth-order valence-electron chi connectivity index (χ4n) is 3.13. The Bertz CT molecular complexity index is 207. The summed E-state index contributed by atoms with van der Waals surface area (Å²) in [5.74, 6) is 0.796. The second-order valence-electron chi connectivity index (χ2n) is 6.17. The summed E-state index contributed by atoms with van der Waals surface area (Å²) >= 11 is 0. The molecular formula is C16H32O2. The van der Waals surface area contributed by atoms with Gasteiger partial charge in [-0.15, -0.1) is 0 Å². The Morgan fingerprint density at radius 3 is 2.33 bits per heavy atom. The van der Waals surface area contributed by atoms with Gasteiger partial charge in [0, 0.05) is 7.11 Å². The number of unbranched alkanes of at least 4 members (excludes halogenated alkanes) is 4. The van der Waals surface area contributed by atoms with Gasteiger partial charge >= 0.3 is 0 Å².